The van der Waals surface area contributed by atoms with Gasteiger partial charge >= 0.3 is 0 Å². The molecular weight excluding hydrogens is 905 g/mol. The summed E-state index contributed by atoms with van der Waals surface area (Å²) >= 11 is 0. The number of nitriles is 6. The van der Waals surface area contributed by atoms with Crippen LogP contribution in [0.3, 0.4) is 0 Å². The maximum Gasteiger partial charge on any atom is 0.0998 e. The molecule has 338 valence electrons. The Labute approximate surface area is 425 Å². The summed E-state index contributed by atoms with van der Waals surface area (Å²) in [6.07, 6.45) is 0. The van der Waals surface area contributed by atoms with E-state index in [1.165, 1.54) is 0 Å². The van der Waals surface area contributed by atoms with Crippen LogP contribution in [0.2, 0.25) is 0 Å². The molecule has 8 nitrogen and oxygen atoms in total. The van der Waals surface area contributed by atoms with E-state index in [0.717, 1.165) is 99.5 Å². The van der Waals surface area contributed by atoms with E-state index in [4.69, 9.17) is 0 Å². The van der Waals surface area contributed by atoms with Crippen molar-refractivity contribution in [2.75, 3.05) is 0 Å². The Balaban J connectivity index is 1.14. The molecule has 0 N–H and O–H groups in total. The summed E-state index contributed by atoms with van der Waals surface area (Å²) in [7, 11) is 0. The standard InChI is InChI=1S/C66H34N8/c67-35-41-6-1-10-46(26-41)50-17-22-60-55(31-50)56-32-51(47-11-2-7-42(27-47)36-68)18-23-61(56)73(60)64-21-16-45(39-71)30-59(64)66-54(40-72)14-5-15-65(66)74-62-24-19-52(48-12-3-8-43(28-48)37-69)33-57(62)58-34-53(20-25-63(58)74)49-13-4-9-44(29-49)38-70/h1-34H. The average Bonchev–Trinajstić information content (AvgIpc) is 3.99. The third-order valence-corrected chi connectivity index (χ3v) is 13.9. The Kier molecular flexibility index (Phi) is 10.7. The smallest absolute Gasteiger partial charge is 0.0998 e. The first-order valence-corrected chi connectivity index (χ1v) is 23.7. The lowest BCUT2D eigenvalue weighted by Crippen LogP contribution is -2.04. The molecular formula is C66H34N8. The third-order valence-electron chi connectivity index (χ3n) is 13.9. The number of hydrogen-bond acceptors (Lipinski definition) is 6. The molecule has 0 bridgehead atoms. The van der Waals surface area contributed by atoms with Gasteiger partial charge in [0.15, 0.2) is 0 Å². The zero-order chi connectivity index (χ0) is 50.5. The average molecular weight is 939 g/mol. The van der Waals surface area contributed by atoms with Crippen LogP contribution in [0.25, 0.3) is 111 Å². The fourth-order valence-corrected chi connectivity index (χ4v) is 10.5. The molecule has 2 heterocycles. The van der Waals surface area contributed by atoms with Crippen LogP contribution in [0.5, 0.6) is 0 Å². The summed E-state index contributed by atoms with van der Waals surface area (Å²) in [6.45, 7) is 0. The predicted molar refractivity (Wildman–Crippen MR) is 291 cm³/mol. The second-order valence-electron chi connectivity index (χ2n) is 18.0. The highest BCUT2D eigenvalue weighted by molar-refractivity contribution is 6.14. The van der Waals surface area contributed by atoms with Crippen molar-refractivity contribution in [1.82, 2.24) is 9.13 Å². The molecule has 74 heavy (non-hydrogen) atoms. The molecule has 8 heteroatoms. The molecule has 0 saturated heterocycles. The van der Waals surface area contributed by atoms with Crippen molar-refractivity contribution in [3.05, 3.63) is 240 Å². The number of fused-ring (bicyclic) bond motifs is 6. The SMILES string of the molecule is N#Cc1cccc(-c2ccc3c(c2)c2cc(-c4cccc(C#N)c4)ccc2n3-c2ccc(C#N)cc2-c2c(C#N)cccc2-n2c3ccc(-c4cccc(C#N)c4)cc3c3cc(-c4cccc(C#N)c4)ccc32)c1. The molecule has 0 saturated carbocycles. The second kappa shape index (κ2) is 17.9. The van der Waals surface area contributed by atoms with Gasteiger partial charge in [0.1, 0.15) is 0 Å². The number of rotatable bonds is 7. The zero-order valence-corrected chi connectivity index (χ0v) is 39.2. The fraction of sp³-hybridized carbons (Fsp3) is 0. The Morgan fingerprint density at radius 3 is 0.932 bits per heavy atom. The molecule has 0 fully saturated rings. The van der Waals surface area contributed by atoms with Gasteiger partial charge in [-0.15, -0.1) is 0 Å². The van der Waals surface area contributed by atoms with Crippen LogP contribution in [0, 0.1) is 68.0 Å². The van der Waals surface area contributed by atoms with E-state index in [1.54, 1.807) is 30.3 Å². The van der Waals surface area contributed by atoms with Crippen LogP contribution in [0.4, 0.5) is 0 Å². The molecule has 0 atom stereocenters. The van der Waals surface area contributed by atoms with E-state index in [0.29, 0.717) is 44.5 Å². The number of hydrogen-bond donors (Lipinski definition) is 0. The minimum absolute atomic E-state index is 0.406. The summed E-state index contributed by atoms with van der Waals surface area (Å²) < 4.78 is 4.38. The predicted octanol–water partition coefficient (Wildman–Crippen LogP) is 15.4. The Morgan fingerprint density at radius 1 is 0.257 bits per heavy atom. The molecule has 0 radical (unpaired) electrons. The van der Waals surface area contributed by atoms with E-state index < -0.39 is 0 Å². The molecule has 2 aromatic heterocycles. The fourth-order valence-electron chi connectivity index (χ4n) is 10.5. The Bertz CT molecular complexity index is 4410. The van der Waals surface area contributed by atoms with Gasteiger partial charge < -0.3 is 9.13 Å². The van der Waals surface area contributed by atoms with Crippen LogP contribution in [0.1, 0.15) is 33.4 Å². The molecule has 12 rings (SSSR count). The first-order valence-electron chi connectivity index (χ1n) is 23.7. The van der Waals surface area contributed by atoms with Crippen LogP contribution in [-0.4, -0.2) is 9.13 Å². The van der Waals surface area contributed by atoms with Crippen LogP contribution in [0.15, 0.2) is 206 Å². The minimum atomic E-state index is 0.406. The van der Waals surface area contributed by atoms with Gasteiger partial charge in [0, 0.05) is 32.7 Å². The molecule has 0 spiro atoms. The van der Waals surface area contributed by atoms with Crippen molar-refractivity contribution >= 4 is 43.6 Å². The highest BCUT2D eigenvalue weighted by Gasteiger charge is 2.24. The molecule has 0 amide bonds. The maximum atomic E-state index is 11.2. The number of benzene rings is 10. The topological polar surface area (TPSA) is 153 Å². The number of nitrogens with zero attached hydrogens (tertiary/aromatic N) is 8. The summed E-state index contributed by atoms with van der Waals surface area (Å²) in [4.78, 5) is 0. The molecule has 12 aromatic rings. The molecule has 0 aliphatic rings. The van der Waals surface area contributed by atoms with Gasteiger partial charge in [0.25, 0.3) is 0 Å². The van der Waals surface area contributed by atoms with E-state index in [9.17, 15) is 31.6 Å². The van der Waals surface area contributed by atoms with Crippen molar-refractivity contribution in [2.24, 2.45) is 0 Å². The van der Waals surface area contributed by atoms with Gasteiger partial charge in [0.2, 0.25) is 0 Å². The maximum absolute atomic E-state index is 11.2. The van der Waals surface area contributed by atoms with Gasteiger partial charge in [-0.25, -0.2) is 0 Å². The molecule has 0 aliphatic carbocycles. The quantitative estimate of drug-likeness (QED) is 0.155. The number of aromatic nitrogens is 2. The summed E-state index contributed by atoms with van der Waals surface area (Å²) in [5.41, 5.74) is 16.6. The van der Waals surface area contributed by atoms with Crippen molar-refractivity contribution in [3.8, 4) is 103 Å². The van der Waals surface area contributed by atoms with Crippen molar-refractivity contribution in [3.63, 3.8) is 0 Å². The van der Waals surface area contributed by atoms with Gasteiger partial charge in [-0.2, -0.15) is 31.6 Å². The van der Waals surface area contributed by atoms with Gasteiger partial charge in [-0.05, 0) is 172 Å². The first kappa shape index (κ1) is 44.0. The normalized spacial score (nSPS) is 10.9. The molecule has 10 aromatic carbocycles. The van der Waals surface area contributed by atoms with Gasteiger partial charge in [-0.1, -0.05) is 78.9 Å². The van der Waals surface area contributed by atoms with E-state index in [-0.39, 0.29) is 0 Å². The van der Waals surface area contributed by atoms with E-state index >= 15 is 0 Å². The van der Waals surface area contributed by atoms with Gasteiger partial charge in [0.05, 0.1) is 103 Å². The Morgan fingerprint density at radius 2 is 0.581 bits per heavy atom. The minimum Gasteiger partial charge on any atom is -0.309 e. The van der Waals surface area contributed by atoms with Gasteiger partial charge in [-0.3, -0.25) is 0 Å². The third kappa shape index (κ3) is 7.35. The summed E-state index contributed by atoms with van der Waals surface area (Å²) in [5, 5.41) is 64.8. The summed E-state index contributed by atoms with van der Waals surface area (Å²) in [5.74, 6) is 0. The van der Waals surface area contributed by atoms with Crippen LogP contribution >= 0.6 is 0 Å². The van der Waals surface area contributed by atoms with Crippen LogP contribution < -0.4 is 0 Å². The largest absolute Gasteiger partial charge is 0.309 e. The lowest BCUT2D eigenvalue weighted by Gasteiger charge is -2.20. The highest BCUT2D eigenvalue weighted by Crippen LogP contribution is 2.45. The highest BCUT2D eigenvalue weighted by atomic mass is 15.0. The molecule has 0 aliphatic heterocycles. The first-order chi connectivity index (χ1) is 36.4. The van der Waals surface area contributed by atoms with Crippen LogP contribution in [-0.2, 0) is 0 Å². The Hall–Kier alpha value is -11.3. The zero-order valence-electron chi connectivity index (χ0n) is 39.2. The summed E-state index contributed by atoms with van der Waals surface area (Å²) in [6, 6.07) is 80.6. The van der Waals surface area contributed by atoms with Crippen molar-refractivity contribution in [1.29, 1.82) is 31.6 Å². The van der Waals surface area contributed by atoms with E-state index in [1.807, 2.05) is 103 Å². The monoisotopic (exact) mass is 938 g/mol. The van der Waals surface area contributed by atoms with Crippen molar-refractivity contribution in [2.45, 2.75) is 0 Å². The second-order valence-corrected chi connectivity index (χ2v) is 18.0. The lowest BCUT2D eigenvalue weighted by atomic mass is 9.94. The van der Waals surface area contributed by atoms with E-state index in [2.05, 4.69) is 118 Å². The molecule has 0 unspecified atom stereocenters. The lowest BCUT2D eigenvalue weighted by molar-refractivity contribution is 1.16. The van der Waals surface area contributed by atoms with Crippen molar-refractivity contribution < 1.29 is 0 Å².